The molecule has 0 aromatic heterocycles. The molecule has 0 aliphatic heterocycles. The summed E-state index contributed by atoms with van der Waals surface area (Å²) in [6.07, 6.45) is 27.4. The standard InChI is InChI=1S/C19H29N/c1-2-7-11-15-19(14-10-6-1)20-17-16-18-12-8-4-3-5-9-13-18/h3-5,8-9,12-13,19-20H,1-2,6-7,10-11,14-17H2/b4-3?,5-3?,8-4?,9-5?,12-8-,13-9?,18-12?,18-13+. The minimum atomic E-state index is 0.752. The third kappa shape index (κ3) is 6.38. The van der Waals surface area contributed by atoms with Gasteiger partial charge >= 0.3 is 0 Å². The van der Waals surface area contributed by atoms with Crippen molar-refractivity contribution in [3.8, 4) is 0 Å². The van der Waals surface area contributed by atoms with Crippen LogP contribution >= 0.6 is 0 Å². The van der Waals surface area contributed by atoms with Crippen LogP contribution in [0.25, 0.3) is 0 Å². The summed E-state index contributed by atoms with van der Waals surface area (Å²) >= 11 is 0. The first-order chi connectivity index (χ1) is 9.95. The molecule has 1 fully saturated rings. The first kappa shape index (κ1) is 15.3. The van der Waals surface area contributed by atoms with Gasteiger partial charge in [0.15, 0.2) is 0 Å². The molecule has 2 aliphatic rings. The SMILES string of the molecule is C1=C/C=C\C(CCNC2CCCCCCCC2)=C/C=C1. The van der Waals surface area contributed by atoms with Crippen LogP contribution in [0.2, 0.25) is 0 Å². The third-order valence-electron chi connectivity index (χ3n) is 4.27. The molecule has 0 atom stereocenters. The summed E-state index contributed by atoms with van der Waals surface area (Å²) in [6, 6.07) is 0.752. The van der Waals surface area contributed by atoms with E-state index >= 15 is 0 Å². The van der Waals surface area contributed by atoms with Crippen molar-refractivity contribution in [1.82, 2.24) is 5.32 Å². The smallest absolute Gasteiger partial charge is 0.00671 e. The van der Waals surface area contributed by atoms with Crippen molar-refractivity contribution in [2.75, 3.05) is 6.54 Å². The highest BCUT2D eigenvalue weighted by atomic mass is 14.9. The van der Waals surface area contributed by atoms with E-state index < -0.39 is 0 Å². The average molecular weight is 271 g/mol. The van der Waals surface area contributed by atoms with E-state index in [0.717, 1.165) is 19.0 Å². The largest absolute Gasteiger partial charge is 0.314 e. The molecule has 1 N–H and O–H groups in total. The minimum Gasteiger partial charge on any atom is -0.314 e. The van der Waals surface area contributed by atoms with Gasteiger partial charge in [0, 0.05) is 6.04 Å². The van der Waals surface area contributed by atoms with Crippen molar-refractivity contribution >= 4 is 0 Å². The summed E-state index contributed by atoms with van der Waals surface area (Å²) in [6.45, 7) is 1.11. The quantitative estimate of drug-likeness (QED) is 0.752. The molecule has 0 aromatic rings. The lowest BCUT2D eigenvalue weighted by atomic mass is 10.0. The summed E-state index contributed by atoms with van der Waals surface area (Å²) in [7, 11) is 0. The Morgan fingerprint density at radius 1 is 0.800 bits per heavy atom. The van der Waals surface area contributed by atoms with Crippen molar-refractivity contribution in [2.24, 2.45) is 0 Å². The van der Waals surface area contributed by atoms with Crippen LogP contribution < -0.4 is 5.32 Å². The van der Waals surface area contributed by atoms with Gasteiger partial charge in [0.2, 0.25) is 0 Å². The van der Waals surface area contributed by atoms with Crippen LogP contribution in [0.3, 0.4) is 0 Å². The predicted molar refractivity (Wildman–Crippen MR) is 88.8 cm³/mol. The lowest BCUT2D eigenvalue weighted by Crippen LogP contribution is -2.30. The van der Waals surface area contributed by atoms with Gasteiger partial charge in [-0.2, -0.15) is 0 Å². The fourth-order valence-corrected chi connectivity index (χ4v) is 3.03. The maximum absolute atomic E-state index is 3.78. The summed E-state index contributed by atoms with van der Waals surface area (Å²) in [4.78, 5) is 0. The number of rotatable bonds is 4. The molecule has 0 unspecified atom stereocenters. The topological polar surface area (TPSA) is 12.0 Å². The first-order valence-corrected chi connectivity index (χ1v) is 8.39. The highest BCUT2D eigenvalue weighted by Gasteiger charge is 2.09. The lowest BCUT2D eigenvalue weighted by molar-refractivity contribution is 0.437. The van der Waals surface area contributed by atoms with Gasteiger partial charge in [0.25, 0.3) is 0 Å². The van der Waals surface area contributed by atoms with Crippen LogP contribution in [0.15, 0.2) is 48.1 Å². The van der Waals surface area contributed by atoms with Crippen LogP contribution in [0.1, 0.15) is 57.8 Å². The zero-order valence-electron chi connectivity index (χ0n) is 12.7. The Kier molecular flexibility index (Phi) is 7.48. The van der Waals surface area contributed by atoms with E-state index in [1.54, 1.807) is 0 Å². The number of allylic oxidation sites excluding steroid dienone is 7. The molecule has 110 valence electrons. The maximum Gasteiger partial charge on any atom is 0.00671 e. The molecule has 1 saturated carbocycles. The van der Waals surface area contributed by atoms with Gasteiger partial charge in [-0.3, -0.25) is 0 Å². The van der Waals surface area contributed by atoms with Gasteiger partial charge in [0.05, 0.1) is 0 Å². The Morgan fingerprint density at radius 3 is 2.25 bits per heavy atom. The van der Waals surface area contributed by atoms with Crippen LogP contribution in [0.4, 0.5) is 0 Å². The summed E-state index contributed by atoms with van der Waals surface area (Å²) in [5, 5.41) is 3.78. The monoisotopic (exact) mass is 271 g/mol. The molecule has 1 nitrogen and oxygen atoms in total. The van der Waals surface area contributed by atoms with Gasteiger partial charge in [-0.05, 0) is 31.4 Å². The van der Waals surface area contributed by atoms with E-state index in [1.807, 2.05) is 0 Å². The summed E-state index contributed by atoms with van der Waals surface area (Å²) in [5.41, 5.74) is 1.42. The molecule has 0 saturated heterocycles. The second-order valence-electron chi connectivity index (χ2n) is 5.97. The molecule has 0 amide bonds. The van der Waals surface area contributed by atoms with E-state index in [2.05, 4.69) is 47.8 Å². The lowest BCUT2D eigenvalue weighted by Gasteiger charge is -2.18. The van der Waals surface area contributed by atoms with Crippen molar-refractivity contribution in [1.29, 1.82) is 0 Å². The Morgan fingerprint density at radius 2 is 1.45 bits per heavy atom. The van der Waals surface area contributed by atoms with Crippen LogP contribution in [-0.2, 0) is 0 Å². The average Bonchev–Trinajstić information content (AvgIpc) is 2.55. The normalized spacial score (nSPS) is 25.7. The Labute approximate surface area is 124 Å². The molecule has 0 aromatic carbocycles. The molecule has 1 heteroatoms. The highest BCUT2D eigenvalue weighted by Crippen LogP contribution is 2.17. The van der Waals surface area contributed by atoms with Crippen molar-refractivity contribution < 1.29 is 0 Å². The van der Waals surface area contributed by atoms with Crippen molar-refractivity contribution in [3.05, 3.63) is 48.1 Å². The van der Waals surface area contributed by atoms with E-state index in [1.165, 1.54) is 56.9 Å². The second kappa shape index (κ2) is 9.77. The first-order valence-electron chi connectivity index (χ1n) is 8.39. The Balaban J connectivity index is 1.70. The molecule has 0 bridgehead atoms. The van der Waals surface area contributed by atoms with Gasteiger partial charge in [-0.15, -0.1) is 0 Å². The molecule has 2 rings (SSSR count). The van der Waals surface area contributed by atoms with Crippen molar-refractivity contribution in [3.63, 3.8) is 0 Å². The molecular weight excluding hydrogens is 242 g/mol. The molecule has 0 heterocycles. The van der Waals surface area contributed by atoms with Gasteiger partial charge in [-0.25, -0.2) is 0 Å². The number of hydrogen-bond donors (Lipinski definition) is 1. The van der Waals surface area contributed by atoms with Crippen LogP contribution in [0, 0.1) is 0 Å². The zero-order chi connectivity index (χ0) is 13.9. The van der Waals surface area contributed by atoms with Gasteiger partial charge < -0.3 is 5.32 Å². The van der Waals surface area contributed by atoms with Crippen LogP contribution in [-0.4, -0.2) is 12.6 Å². The predicted octanol–water partition coefficient (Wildman–Crippen LogP) is 5.08. The van der Waals surface area contributed by atoms with Gasteiger partial charge in [0.1, 0.15) is 0 Å². The third-order valence-corrected chi connectivity index (χ3v) is 4.27. The fourth-order valence-electron chi connectivity index (χ4n) is 3.03. The second-order valence-corrected chi connectivity index (χ2v) is 5.97. The maximum atomic E-state index is 3.78. The Bertz CT molecular complexity index is 363. The summed E-state index contributed by atoms with van der Waals surface area (Å²) < 4.78 is 0. The molecular formula is C19H29N. The molecule has 0 radical (unpaired) electrons. The molecule has 20 heavy (non-hydrogen) atoms. The van der Waals surface area contributed by atoms with E-state index in [9.17, 15) is 0 Å². The Hall–Kier alpha value is -1.08. The zero-order valence-corrected chi connectivity index (χ0v) is 12.7. The van der Waals surface area contributed by atoms with E-state index in [-0.39, 0.29) is 0 Å². The number of nitrogens with one attached hydrogen (secondary N) is 1. The van der Waals surface area contributed by atoms with Crippen LogP contribution in [0.5, 0.6) is 0 Å². The molecule has 2 aliphatic carbocycles. The van der Waals surface area contributed by atoms with E-state index in [4.69, 9.17) is 0 Å². The minimum absolute atomic E-state index is 0.752. The van der Waals surface area contributed by atoms with Gasteiger partial charge in [-0.1, -0.05) is 81.1 Å². The molecule has 0 spiro atoms. The number of hydrogen-bond acceptors (Lipinski definition) is 1. The van der Waals surface area contributed by atoms with E-state index in [0.29, 0.717) is 0 Å². The highest BCUT2D eigenvalue weighted by molar-refractivity contribution is 5.30. The fraction of sp³-hybridized carbons (Fsp3) is 0.579. The van der Waals surface area contributed by atoms with Crippen molar-refractivity contribution in [2.45, 2.75) is 63.8 Å². The summed E-state index contributed by atoms with van der Waals surface area (Å²) in [5.74, 6) is 0.